The lowest BCUT2D eigenvalue weighted by molar-refractivity contribution is -0.236. The van der Waals surface area contributed by atoms with E-state index in [2.05, 4.69) is 15.9 Å². The molecule has 154 valence electrons. The highest BCUT2D eigenvalue weighted by atomic mass is 79.9. The Balaban J connectivity index is 3.18. The van der Waals surface area contributed by atoms with Crippen LogP contribution in [0.4, 0.5) is 0 Å². The number of alkyl halides is 4. The van der Waals surface area contributed by atoms with Gasteiger partial charge in [-0.25, -0.2) is 4.79 Å². The van der Waals surface area contributed by atoms with Crippen molar-refractivity contribution in [2.24, 2.45) is 0 Å². The Labute approximate surface area is 177 Å². The molecule has 1 fully saturated rings. The van der Waals surface area contributed by atoms with Crippen LogP contribution in [-0.2, 0) is 42.9 Å². The quantitative estimate of drug-likeness (QED) is 0.308. The van der Waals surface area contributed by atoms with Crippen molar-refractivity contribution in [3.63, 3.8) is 0 Å². The van der Waals surface area contributed by atoms with Crippen LogP contribution in [0.2, 0.25) is 0 Å². The van der Waals surface area contributed by atoms with Crippen LogP contribution in [0.3, 0.4) is 0 Å². The van der Waals surface area contributed by atoms with E-state index in [0.29, 0.717) is 0 Å². The number of hydrogen-bond donors (Lipinski definition) is 0. The second-order valence-electron chi connectivity index (χ2n) is 5.34. The summed E-state index contributed by atoms with van der Waals surface area (Å²) in [5.41, 5.74) is 0. The molecule has 1 aliphatic heterocycles. The zero-order valence-corrected chi connectivity index (χ0v) is 18.1. The smallest absolute Gasteiger partial charge is 0.359 e. The molecule has 0 bridgehead atoms. The van der Waals surface area contributed by atoms with E-state index in [9.17, 15) is 19.2 Å². The van der Waals surface area contributed by atoms with Gasteiger partial charge in [0, 0.05) is 20.8 Å². The summed E-state index contributed by atoms with van der Waals surface area (Å²) in [7, 11) is 0. The van der Waals surface area contributed by atoms with E-state index in [4.69, 9.17) is 58.5 Å². The first kappa shape index (κ1) is 24.2. The zero-order valence-electron chi connectivity index (χ0n) is 14.3. The van der Waals surface area contributed by atoms with Crippen LogP contribution in [0.25, 0.3) is 0 Å². The zero-order chi connectivity index (χ0) is 20.9. The highest BCUT2D eigenvalue weighted by Crippen LogP contribution is 2.35. The van der Waals surface area contributed by atoms with Gasteiger partial charge in [0.05, 0.1) is 0 Å². The molecule has 0 spiro atoms. The summed E-state index contributed by atoms with van der Waals surface area (Å²) in [5.74, 6) is -3.38. The highest BCUT2D eigenvalue weighted by Gasteiger charge is 2.52. The van der Waals surface area contributed by atoms with Gasteiger partial charge in [0.2, 0.25) is 0 Å². The maximum absolute atomic E-state index is 11.9. The third-order valence-corrected chi connectivity index (χ3v) is 4.31. The lowest BCUT2D eigenvalue weighted by Crippen LogP contribution is -2.61. The van der Waals surface area contributed by atoms with Crippen LogP contribution in [-0.4, -0.2) is 63.7 Å². The molecular formula is C14H16BrCl3O9. The third-order valence-electron chi connectivity index (χ3n) is 3.11. The van der Waals surface area contributed by atoms with Gasteiger partial charge in [0.25, 0.3) is 3.79 Å². The Bertz CT molecular complexity index is 595. The number of halogens is 4. The van der Waals surface area contributed by atoms with Crippen molar-refractivity contribution in [1.29, 1.82) is 0 Å². The Hall–Kier alpha value is -0.810. The minimum absolute atomic E-state index is 0.321. The fourth-order valence-electron chi connectivity index (χ4n) is 2.17. The maximum Gasteiger partial charge on any atom is 0.359 e. The molecule has 0 aromatic heterocycles. The average Bonchev–Trinajstić information content (AvgIpc) is 2.49. The molecule has 0 aliphatic carbocycles. The largest absolute Gasteiger partial charge is 0.463 e. The van der Waals surface area contributed by atoms with Crippen LogP contribution in [0.1, 0.15) is 20.8 Å². The number of ether oxygens (including phenoxy) is 5. The van der Waals surface area contributed by atoms with E-state index in [1.54, 1.807) is 0 Å². The van der Waals surface area contributed by atoms with E-state index in [0.717, 1.165) is 13.8 Å². The molecule has 0 aromatic rings. The van der Waals surface area contributed by atoms with Crippen molar-refractivity contribution in [2.45, 2.75) is 54.0 Å². The first-order valence-electron chi connectivity index (χ1n) is 7.38. The molecule has 1 aliphatic rings. The first-order valence-corrected chi connectivity index (χ1v) is 9.43. The molecule has 0 radical (unpaired) electrons. The predicted molar refractivity (Wildman–Crippen MR) is 95.5 cm³/mol. The molecule has 1 heterocycles. The number of esters is 4. The fraction of sp³-hybridized carbons (Fsp3) is 0.714. The summed E-state index contributed by atoms with van der Waals surface area (Å²) in [6.45, 7) is 3.05. The Morgan fingerprint density at radius 1 is 0.889 bits per heavy atom. The van der Waals surface area contributed by atoms with Crippen LogP contribution in [0, 0.1) is 0 Å². The van der Waals surface area contributed by atoms with E-state index in [1.165, 1.54) is 6.92 Å². The number of hydrogen-bond acceptors (Lipinski definition) is 9. The number of rotatable bonds is 5. The van der Waals surface area contributed by atoms with Gasteiger partial charge in [-0.2, -0.15) is 0 Å². The van der Waals surface area contributed by atoms with Crippen molar-refractivity contribution < 1.29 is 42.9 Å². The van der Waals surface area contributed by atoms with Gasteiger partial charge in [-0.3, -0.25) is 14.4 Å². The Kier molecular flexibility index (Phi) is 9.07. The van der Waals surface area contributed by atoms with E-state index in [1.807, 2.05) is 0 Å². The van der Waals surface area contributed by atoms with Crippen LogP contribution in [0.5, 0.6) is 0 Å². The van der Waals surface area contributed by atoms with E-state index >= 15 is 0 Å². The molecule has 0 N–H and O–H groups in total. The van der Waals surface area contributed by atoms with Crippen LogP contribution in [0.15, 0.2) is 0 Å². The number of carbonyl (C=O) groups excluding carboxylic acids is 4. The molecule has 0 aromatic carbocycles. The molecule has 0 amide bonds. The SMILES string of the molecule is CC(=O)OC[C@H]1O[C@H](Br)[C@H](OC(=O)C(Cl)(Cl)Cl)[C@@H](OC(C)=O)[C@@H]1OC(C)=O. The van der Waals surface area contributed by atoms with Gasteiger partial charge >= 0.3 is 23.9 Å². The Morgan fingerprint density at radius 3 is 1.85 bits per heavy atom. The Morgan fingerprint density at radius 2 is 1.41 bits per heavy atom. The molecule has 1 rings (SSSR count). The van der Waals surface area contributed by atoms with Gasteiger partial charge in [0.1, 0.15) is 12.7 Å². The van der Waals surface area contributed by atoms with Crippen molar-refractivity contribution in [3.05, 3.63) is 0 Å². The second kappa shape index (κ2) is 10.1. The summed E-state index contributed by atoms with van der Waals surface area (Å²) in [6.07, 6.45) is -4.97. The summed E-state index contributed by atoms with van der Waals surface area (Å²) in [4.78, 5) is 46.0. The summed E-state index contributed by atoms with van der Waals surface area (Å²) in [6, 6.07) is 0. The van der Waals surface area contributed by atoms with Crippen molar-refractivity contribution in [2.75, 3.05) is 6.61 Å². The van der Waals surface area contributed by atoms with Crippen LogP contribution >= 0.6 is 50.7 Å². The molecule has 1 saturated heterocycles. The first-order chi connectivity index (χ1) is 12.3. The van der Waals surface area contributed by atoms with Gasteiger partial charge in [0.15, 0.2) is 23.3 Å². The van der Waals surface area contributed by atoms with Crippen molar-refractivity contribution in [1.82, 2.24) is 0 Å². The van der Waals surface area contributed by atoms with Crippen LogP contribution < -0.4 is 0 Å². The molecule has 0 unspecified atom stereocenters. The summed E-state index contributed by atoms with van der Waals surface area (Å²) >= 11 is 19.6. The van der Waals surface area contributed by atoms with Gasteiger partial charge in [-0.15, -0.1) is 0 Å². The topological polar surface area (TPSA) is 114 Å². The van der Waals surface area contributed by atoms with Crippen molar-refractivity contribution in [3.8, 4) is 0 Å². The number of carbonyl (C=O) groups is 4. The minimum atomic E-state index is -2.40. The second-order valence-corrected chi connectivity index (χ2v) is 8.53. The van der Waals surface area contributed by atoms with Crippen molar-refractivity contribution >= 4 is 74.6 Å². The van der Waals surface area contributed by atoms with E-state index in [-0.39, 0.29) is 6.61 Å². The molecule has 27 heavy (non-hydrogen) atoms. The summed E-state index contributed by atoms with van der Waals surface area (Å²) < 4.78 is 23.4. The standard InChI is InChI=1S/C14H16BrCl3O9/c1-5(19)23-4-8-9(24-6(2)20)10(25-7(3)21)11(12(15)26-8)27-13(22)14(16,17)18/h8-12H,4H2,1-3H3/t8-,9-,10+,11-,12+/m1/s1. The summed E-state index contributed by atoms with van der Waals surface area (Å²) in [5, 5.41) is -1.06. The average molecular weight is 515 g/mol. The van der Waals surface area contributed by atoms with Gasteiger partial charge in [-0.1, -0.05) is 50.7 Å². The third kappa shape index (κ3) is 7.61. The molecule has 5 atom stereocenters. The lowest BCUT2D eigenvalue weighted by atomic mass is 9.99. The minimum Gasteiger partial charge on any atom is -0.463 e. The molecular weight excluding hydrogens is 498 g/mol. The fourth-order valence-corrected chi connectivity index (χ4v) is 2.99. The van der Waals surface area contributed by atoms with Gasteiger partial charge < -0.3 is 23.7 Å². The molecule has 9 nitrogen and oxygen atoms in total. The van der Waals surface area contributed by atoms with E-state index < -0.39 is 57.1 Å². The van der Waals surface area contributed by atoms with Gasteiger partial charge in [-0.05, 0) is 0 Å². The predicted octanol–water partition coefficient (Wildman–Crippen LogP) is 1.81. The normalized spacial score (nSPS) is 28.0. The maximum atomic E-state index is 11.9. The molecule has 0 saturated carbocycles. The molecule has 13 heteroatoms. The monoisotopic (exact) mass is 512 g/mol. The highest BCUT2D eigenvalue weighted by molar-refractivity contribution is 9.09. The lowest BCUT2D eigenvalue weighted by Gasteiger charge is -2.43.